The zero-order valence-corrected chi connectivity index (χ0v) is 16.6. The molecular weight excluding hydrogens is 350 g/mol. The van der Waals surface area contributed by atoms with Gasteiger partial charge in [0.15, 0.2) is 0 Å². The molecule has 3 rings (SSSR count). The third-order valence-electron chi connectivity index (χ3n) is 4.90. The van der Waals surface area contributed by atoms with E-state index in [-0.39, 0.29) is 11.7 Å². The number of nitrogens with zero attached hydrogens (tertiary/aromatic N) is 2. The summed E-state index contributed by atoms with van der Waals surface area (Å²) in [7, 11) is 3.97. The van der Waals surface area contributed by atoms with E-state index in [1.54, 1.807) is 6.20 Å². The lowest BCUT2D eigenvalue weighted by Gasteiger charge is -2.22. The van der Waals surface area contributed by atoms with Gasteiger partial charge in [-0.2, -0.15) is 0 Å². The zero-order chi connectivity index (χ0) is 20.1. The average Bonchev–Trinajstić information content (AvgIpc) is 2.71. The lowest BCUT2D eigenvalue weighted by atomic mass is 9.95. The van der Waals surface area contributed by atoms with Crippen molar-refractivity contribution in [2.24, 2.45) is 0 Å². The van der Waals surface area contributed by atoms with Gasteiger partial charge in [-0.25, -0.2) is 0 Å². The molecule has 0 aliphatic carbocycles. The molecule has 146 valence electrons. The van der Waals surface area contributed by atoms with Crippen LogP contribution >= 0.6 is 0 Å². The highest BCUT2D eigenvalue weighted by molar-refractivity contribution is 5.86. The summed E-state index contributed by atoms with van der Waals surface area (Å²) in [5.41, 5.74) is 3.18. The van der Waals surface area contributed by atoms with Crippen molar-refractivity contribution in [3.05, 3.63) is 65.9 Å². The number of rotatable bonds is 7. The third-order valence-corrected chi connectivity index (χ3v) is 4.90. The summed E-state index contributed by atoms with van der Waals surface area (Å²) in [6, 6.07) is 15.1. The van der Waals surface area contributed by atoms with Crippen LogP contribution in [-0.2, 0) is 4.79 Å². The Morgan fingerprint density at radius 3 is 2.57 bits per heavy atom. The Labute approximate surface area is 166 Å². The van der Waals surface area contributed by atoms with Gasteiger partial charge >= 0.3 is 0 Å². The number of unbranched alkanes of at least 4 members (excludes halogenated alkanes) is 1. The monoisotopic (exact) mass is 377 g/mol. The highest BCUT2D eigenvalue weighted by Gasteiger charge is 2.21. The summed E-state index contributed by atoms with van der Waals surface area (Å²) in [4.78, 5) is 18.8. The first-order valence-electron chi connectivity index (χ1n) is 9.64. The summed E-state index contributed by atoms with van der Waals surface area (Å²) in [6.07, 6.45) is 3.92. The normalized spacial score (nSPS) is 12.0. The van der Waals surface area contributed by atoms with Crippen LogP contribution in [0.1, 0.15) is 43.4 Å². The number of pyridine rings is 1. The molecule has 1 amide bonds. The van der Waals surface area contributed by atoms with Crippen LogP contribution in [0.4, 0.5) is 5.69 Å². The minimum Gasteiger partial charge on any atom is -0.505 e. The molecule has 0 saturated heterocycles. The molecule has 2 aromatic carbocycles. The molecule has 5 nitrogen and oxygen atoms in total. The van der Waals surface area contributed by atoms with Crippen molar-refractivity contribution in [3.63, 3.8) is 0 Å². The lowest BCUT2D eigenvalue weighted by molar-refractivity contribution is -0.121. The van der Waals surface area contributed by atoms with Gasteiger partial charge in [-0.15, -0.1) is 0 Å². The summed E-state index contributed by atoms with van der Waals surface area (Å²) >= 11 is 0. The predicted molar refractivity (Wildman–Crippen MR) is 114 cm³/mol. The van der Waals surface area contributed by atoms with Crippen molar-refractivity contribution >= 4 is 22.5 Å². The second-order valence-electron chi connectivity index (χ2n) is 7.17. The van der Waals surface area contributed by atoms with Crippen LogP contribution < -0.4 is 10.2 Å². The van der Waals surface area contributed by atoms with Crippen molar-refractivity contribution < 1.29 is 9.90 Å². The van der Waals surface area contributed by atoms with Gasteiger partial charge < -0.3 is 15.3 Å². The largest absolute Gasteiger partial charge is 0.505 e. The third kappa shape index (κ3) is 4.25. The van der Waals surface area contributed by atoms with Gasteiger partial charge in [-0.1, -0.05) is 43.7 Å². The lowest BCUT2D eigenvalue weighted by Crippen LogP contribution is -2.29. The van der Waals surface area contributed by atoms with E-state index in [1.165, 1.54) is 0 Å². The molecule has 0 aliphatic rings. The maximum absolute atomic E-state index is 12.5. The molecule has 0 unspecified atom stereocenters. The number of hydrogen-bond acceptors (Lipinski definition) is 4. The zero-order valence-electron chi connectivity index (χ0n) is 16.6. The molecule has 28 heavy (non-hydrogen) atoms. The van der Waals surface area contributed by atoms with Crippen LogP contribution in [0.5, 0.6) is 5.75 Å². The van der Waals surface area contributed by atoms with Gasteiger partial charge in [0.1, 0.15) is 11.3 Å². The van der Waals surface area contributed by atoms with E-state index in [2.05, 4.69) is 17.2 Å². The van der Waals surface area contributed by atoms with Crippen molar-refractivity contribution in [1.82, 2.24) is 10.3 Å². The molecule has 0 aliphatic heterocycles. The van der Waals surface area contributed by atoms with Crippen molar-refractivity contribution in [2.45, 2.75) is 32.2 Å². The van der Waals surface area contributed by atoms with Gasteiger partial charge in [-0.05, 0) is 30.2 Å². The number of phenols is 1. The fourth-order valence-electron chi connectivity index (χ4n) is 3.25. The van der Waals surface area contributed by atoms with Crippen molar-refractivity contribution in [3.8, 4) is 5.75 Å². The fourth-order valence-corrected chi connectivity index (χ4v) is 3.25. The molecule has 0 saturated carbocycles. The smallest absolute Gasteiger partial charge is 0.220 e. The predicted octanol–water partition coefficient (Wildman–Crippen LogP) is 4.40. The number of carbonyl (C=O) groups excluding carboxylic acids is 1. The topological polar surface area (TPSA) is 65.5 Å². The number of hydrogen-bond donors (Lipinski definition) is 2. The first kappa shape index (κ1) is 19.7. The summed E-state index contributed by atoms with van der Waals surface area (Å²) in [5, 5.41) is 14.9. The number of carbonyl (C=O) groups is 1. The first-order valence-corrected chi connectivity index (χ1v) is 9.64. The molecule has 2 N–H and O–H groups in total. The fraction of sp³-hybridized carbons (Fsp3) is 0.304. The van der Waals surface area contributed by atoms with E-state index >= 15 is 0 Å². The highest BCUT2D eigenvalue weighted by Crippen LogP contribution is 2.35. The molecule has 0 bridgehead atoms. The van der Waals surface area contributed by atoms with E-state index < -0.39 is 6.04 Å². The van der Waals surface area contributed by atoms with Gasteiger partial charge in [0, 0.05) is 43.4 Å². The summed E-state index contributed by atoms with van der Waals surface area (Å²) < 4.78 is 0. The molecular formula is C23H27N3O2. The van der Waals surface area contributed by atoms with Crippen LogP contribution in [0.25, 0.3) is 10.9 Å². The first-order chi connectivity index (χ1) is 13.5. The van der Waals surface area contributed by atoms with E-state index in [0.29, 0.717) is 17.5 Å². The van der Waals surface area contributed by atoms with Crippen LogP contribution in [0.2, 0.25) is 0 Å². The highest BCUT2D eigenvalue weighted by atomic mass is 16.3. The number of aromatic nitrogens is 1. The number of fused-ring (bicyclic) bond motifs is 1. The molecule has 3 aromatic rings. The van der Waals surface area contributed by atoms with Crippen LogP contribution in [0.3, 0.4) is 0 Å². The van der Waals surface area contributed by atoms with Crippen molar-refractivity contribution in [2.75, 3.05) is 19.0 Å². The maximum Gasteiger partial charge on any atom is 0.220 e. The second kappa shape index (κ2) is 8.74. The Kier molecular flexibility index (Phi) is 6.14. The Bertz CT molecular complexity index is 952. The molecule has 0 radical (unpaired) electrons. The Morgan fingerprint density at radius 1 is 1.14 bits per heavy atom. The molecule has 5 heteroatoms. The Hall–Kier alpha value is -3.08. The number of aromatic hydroxyl groups is 1. The number of benzene rings is 2. The summed E-state index contributed by atoms with van der Waals surface area (Å²) in [6.45, 7) is 2.06. The molecule has 0 fully saturated rings. The molecule has 1 aromatic heterocycles. The quantitative estimate of drug-likeness (QED) is 0.640. The van der Waals surface area contributed by atoms with Gasteiger partial charge in [0.05, 0.1) is 6.04 Å². The van der Waals surface area contributed by atoms with Crippen LogP contribution in [-0.4, -0.2) is 30.1 Å². The van der Waals surface area contributed by atoms with E-state index in [0.717, 1.165) is 29.5 Å². The Morgan fingerprint density at radius 2 is 1.89 bits per heavy atom. The van der Waals surface area contributed by atoms with E-state index in [1.807, 2.05) is 67.5 Å². The van der Waals surface area contributed by atoms with E-state index in [9.17, 15) is 9.90 Å². The van der Waals surface area contributed by atoms with E-state index in [4.69, 9.17) is 0 Å². The second-order valence-corrected chi connectivity index (χ2v) is 7.17. The summed E-state index contributed by atoms with van der Waals surface area (Å²) in [5.74, 6) is 0.0830. The average molecular weight is 377 g/mol. The number of nitrogens with one attached hydrogen (secondary N) is 1. The SMILES string of the molecule is CCCCC(=O)N[C@H](c1ccc(N(C)C)cc1)c1ccc2cccnc2c1O. The molecule has 0 spiro atoms. The van der Waals surface area contributed by atoms with Gasteiger partial charge in [0.25, 0.3) is 0 Å². The number of anilines is 1. The maximum atomic E-state index is 12.5. The standard InChI is InChI=1S/C23H27N3O2/c1-4-5-8-20(27)25-21(17-9-12-18(13-10-17)26(2)3)19-14-11-16-7-6-15-24-22(16)23(19)28/h6-7,9-15,21,28H,4-5,8H2,1-3H3,(H,25,27)/t21-/m1/s1. The van der Waals surface area contributed by atoms with Crippen LogP contribution in [0.15, 0.2) is 54.7 Å². The Balaban J connectivity index is 2.03. The molecule has 1 heterocycles. The van der Waals surface area contributed by atoms with Gasteiger partial charge in [-0.3, -0.25) is 9.78 Å². The minimum atomic E-state index is -0.438. The van der Waals surface area contributed by atoms with Crippen molar-refractivity contribution in [1.29, 1.82) is 0 Å². The number of amides is 1. The number of phenolic OH excluding ortho intramolecular Hbond substituents is 1. The minimum absolute atomic E-state index is 0.0240. The van der Waals surface area contributed by atoms with Crippen LogP contribution in [0, 0.1) is 0 Å². The van der Waals surface area contributed by atoms with Gasteiger partial charge in [0.2, 0.25) is 5.91 Å². The molecule has 1 atom stereocenters.